The number of benzene rings is 2. The molecule has 3 aromatic rings. The van der Waals surface area contributed by atoms with Gasteiger partial charge in [-0.2, -0.15) is 13.2 Å². The molecule has 0 aliphatic heterocycles. The lowest BCUT2D eigenvalue weighted by Gasteiger charge is -2.14. The Kier molecular flexibility index (Phi) is 6.11. The number of hydrogen-bond donors (Lipinski definition) is 1. The molecule has 0 saturated carbocycles. The minimum Gasteiger partial charge on any atom is -0.491 e. The van der Waals surface area contributed by atoms with Crippen molar-refractivity contribution < 1.29 is 22.7 Å². The topological polar surface area (TPSA) is 64.1 Å². The third-order valence-electron chi connectivity index (χ3n) is 3.90. The van der Waals surface area contributed by atoms with Gasteiger partial charge >= 0.3 is 6.18 Å². The van der Waals surface area contributed by atoms with E-state index >= 15 is 0 Å². The fourth-order valence-corrected chi connectivity index (χ4v) is 2.53. The summed E-state index contributed by atoms with van der Waals surface area (Å²) in [5.41, 5.74) is 0.915. The van der Waals surface area contributed by atoms with E-state index in [1.165, 1.54) is 24.4 Å². The summed E-state index contributed by atoms with van der Waals surface area (Å²) < 4.78 is 44.4. The fraction of sp³-hybridized carbons (Fsp3) is 0.190. The number of anilines is 1. The number of ether oxygens (including phenoxy) is 1. The lowest BCUT2D eigenvalue weighted by Crippen LogP contribution is -2.12. The van der Waals surface area contributed by atoms with Gasteiger partial charge in [-0.05, 0) is 42.8 Å². The van der Waals surface area contributed by atoms with Crippen LogP contribution in [0.15, 0.2) is 54.7 Å². The molecule has 1 amide bonds. The first-order valence-corrected chi connectivity index (χ1v) is 8.91. The van der Waals surface area contributed by atoms with Crippen LogP contribution in [-0.2, 0) is 11.0 Å². The van der Waals surface area contributed by atoms with Gasteiger partial charge in [-0.3, -0.25) is 9.78 Å². The van der Waals surface area contributed by atoms with Gasteiger partial charge in [0, 0.05) is 6.08 Å². The van der Waals surface area contributed by atoms with Crippen LogP contribution in [-0.4, -0.2) is 22.5 Å². The maximum absolute atomic E-state index is 13.0. The van der Waals surface area contributed by atoms with Crippen LogP contribution in [0.4, 0.5) is 18.9 Å². The first kappa shape index (κ1) is 20.3. The summed E-state index contributed by atoms with van der Waals surface area (Å²) in [5, 5.41) is 2.44. The minimum absolute atomic E-state index is 0.0486. The molecule has 0 spiro atoms. The lowest BCUT2D eigenvalue weighted by atomic mass is 10.1. The molecule has 1 heterocycles. The Labute approximate surface area is 165 Å². The Morgan fingerprint density at radius 2 is 1.93 bits per heavy atom. The molecule has 150 valence electrons. The summed E-state index contributed by atoms with van der Waals surface area (Å²) in [6.45, 7) is 2.19. The van der Waals surface area contributed by atoms with Gasteiger partial charge in [0.05, 0.1) is 40.8 Å². The van der Waals surface area contributed by atoms with Gasteiger partial charge in [-0.25, -0.2) is 4.98 Å². The van der Waals surface area contributed by atoms with Crippen LogP contribution in [0.5, 0.6) is 5.75 Å². The van der Waals surface area contributed by atoms with E-state index < -0.39 is 17.6 Å². The van der Waals surface area contributed by atoms with Crippen LogP contribution >= 0.6 is 0 Å². The van der Waals surface area contributed by atoms with Crippen molar-refractivity contribution in [1.29, 1.82) is 0 Å². The van der Waals surface area contributed by atoms with Crippen molar-refractivity contribution in [2.75, 3.05) is 11.9 Å². The molecule has 0 aliphatic rings. The SMILES string of the molecule is CCCOc1ccc(C(F)(F)F)cc1NC(=O)/C=C/c1cnc2ccccc2n1. The van der Waals surface area contributed by atoms with E-state index in [0.717, 1.165) is 17.6 Å². The smallest absolute Gasteiger partial charge is 0.416 e. The van der Waals surface area contributed by atoms with Gasteiger partial charge in [0.1, 0.15) is 5.75 Å². The second-order valence-corrected chi connectivity index (χ2v) is 6.16. The van der Waals surface area contributed by atoms with E-state index in [1.807, 2.05) is 25.1 Å². The lowest BCUT2D eigenvalue weighted by molar-refractivity contribution is -0.137. The van der Waals surface area contributed by atoms with E-state index in [2.05, 4.69) is 15.3 Å². The Morgan fingerprint density at radius 3 is 2.66 bits per heavy atom. The standard InChI is InChI=1S/C21H18F3N3O2/c1-2-11-29-19-9-7-14(21(22,23)24)12-18(19)27-20(28)10-8-15-13-25-16-5-3-4-6-17(16)26-15/h3-10,12-13H,2,11H2,1H3,(H,27,28)/b10-8+. The van der Waals surface area contributed by atoms with Crippen molar-refractivity contribution in [1.82, 2.24) is 9.97 Å². The molecular weight excluding hydrogens is 383 g/mol. The van der Waals surface area contributed by atoms with Crippen molar-refractivity contribution in [2.24, 2.45) is 0 Å². The van der Waals surface area contributed by atoms with E-state index in [1.54, 1.807) is 6.07 Å². The van der Waals surface area contributed by atoms with Gasteiger partial charge in [-0.15, -0.1) is 0 Å². The van der Waals surface area contributed by atoms with Gasteiger partial charge in [0.15, 0.2) is 0 Å². The molecule has 0 fully saturated rings. The highest BCUT2D eigenvalue weighted by Gasteiger charge is 2.31. The summed E-state index contributed by atoms with van der Waals surface area (Å²) >= 11 is 0. The van der Waals surface area contributed by atoms with Crippen LogP contribution in [0.3, 0.4) is 0 Å². The zero-order valence-electron chi connectivity index (χ0n) is 15.5. The van der Waals surface area contributed by atoms with Crippen LogP contribution in [0.2, 0.25) is 0 Å². The number of para-hydroxylation sites is 2. The molecule has 1 aromatic heterocycles. The van der Waals surface area contributed by atoms with Gasteiger partial charge in [0.25, 0.3) is 0 Å². The van der Waals surface area contributed by atoms with Crippen molar-refractivity contribution in [2.45, 2.75) is 19.5 Å². The normalized spacial score (nSPS) is 11.7. The van der Waals surface area contributed by atoms with Crippen molar-refractivity contribution in [3.05, 3.63) is 66.0 Å². The first-order chi connectivity index (χ1) is 13.9. The number of nitrogens with one attached hydrogen (secondary N) is 1. The zero-order chi connectivity index (χ0) is 20.9. The van der Waals surface area contributed by atoms with Crippen LogP contribution in [0.1, 0.15) is 24.6 Å². The second kappa shape index (κ2) is 8.72. The molecule has 0 unspecified atom stereocenters. The molecule has 3 rings (SSSR count). The van der Waals surface area contributed by atoms with E-state index in [-0.39, 0.29) is 11.4 Å². The Hall–Kier alpha value is -3.42. The van der Waals surface area contributed by atoms with Crippen molar-refractivity contribution in [3.63, 3.8) is 0 Å². The second-order valence-electron chi connectivity index (χ2n) is 6.16. The molecule has 0 bridgehead atoms. The maximum atomic E-state index is 13.0. The number of carbonyl (C=O) groups excluding carboxylic acids is 1. The highest BCUT2D eigenvalue weighted by molar-refractivity contribution is 6.02. The molecule has 0 saturated heterocycles. The summed E-state index contributed by atoms with van der Waals surface area (Å²) in [7, 11) is 0. The average Bonchev–Trinajstić information content (AvgIpc) is 2.70. The Balaban J connectivity index is 1.79. The fourth-order valence-electron chi connectivity index (χ4n) is 2.53. The molecule has 2 aromatic carbocycles. The van der Waals surface area contributed by atoms with E-state index in [4.69, 9.17) is 4.74 Å². The number of carbonyl (C=O) groups is 1. The number of halogens is 3. The Bertz CT molecular complexity index is 1050. The van der Waals surface area contributed by atoms with Crippen LogP contribution in [0.25, 0.3) is 17.1 Å². The van der Waals surface area contributed by atoms with Crippen molar-refractivity contribution in [3.8, 4) is 5.75 Å². The molecule has 0 atom stereocenters. The molecular formula is C21H18F3N3O2. The largest absolute Gasteiger partial charge is 0.491 e. The third-order valence-corrected chi connectivity index (χ3v) is 3.90. The summed E-state index contributed by atoms with van der Waals surface area (Å²) in [6, 6.07) is 10.2. The Morgan fingerprint density at radius 1 is 1.17 bits per heavy atom. The number of nitrogens with zero attached hydrogens (tertiary/aromatic N) is 2. The quantitative estimate of drug-likeness (QED) is 0.585. The van der Waals surface area contributed by atoms with E-state index in [0.29, 0.717) is 24.2 Å². The van der Waals surface area contributed by atoms with Gasteiger partial charge in [0.2, 0.25) is 5.91 Å². The van der Waals surface area contributed by atoms with Gasteiger partial charge in [-0.1, -0.05) is 19.1 Å². The third kappa shape index (κ3) is 5.31. The van der Waals surface area contributed by atoms with E-state index in [9.17, 15) is 18.0 Å². The average molecular weight is 401 g/mol. The minimum atomic E-state index is -4.53. The van der Waals surface area contributed by atoms with Gasteiger partial charge < -0.3 is 10.1 Å². The molecule has 0 radical (unpaired) electrons. The summed E-state index contributed by atoms with van der Waals surface area (Å²) in [6.07, 6.45) is 0.276. The van der Waals surface area contributed by atoms with Crippen LogP contribution < -0.4 is 10.1 Å². The first-order valence-electron chi connectivity index (χ1n) is 8.91. The number of rotatable bonds is 6. The molecule has 8 heteroatoms. The highest BCUT2D eigenvalue weighted by Crippen LogP contribution is 2.35. The predicted octanol–water partition coefficient (Wildman–Crippen LogP) is 5.09. The number of hydrogen-bond acceptors (Lipinski definition) is 4. The summed E-state index contributed by atoms with van der Waals surface area (Å²) in [4.78, 5) is 20.8. The van der Waals surface area contributed by atoms with Crippen molar-refractivity contribution >= 4 is 28.7 Å². The molecule has 0 aliphatic carbocycles. The maximum Gasteiger partial charge on any atom is 0.416 e. The number of amides is 1. The number of aromatic nitrogens is 2. The molecule has 29 heavy (non-hydrogen) atoms. The zero-order valence-corrected chi connectivity index (χ0v) is 15.5. The predicted molar refractivity (Wildman–Crippen MR) is 104 cm³/mol. The highest BCUT2D eigenvalue weighted by atomic mass is 19.4. The molecule has 1 N–H and O–H groups in total. The van der Waals surface area contributed by atoms with Crippen LogP contribution in [0, 0.1) is 0 Å². The monoisotopic (exact) mass is 401 g/mol. The molecule has 5 nitrogen and oxygen atoms in total. The summed E-state index contributed by atoms with van der Waals surface area (Å²) in [5.74, 6) is -0.437. The number of fused-ring (bicyclic) bond motifs is 1. The number of alkyl halides is 3.